The van der Waals surface area contributed by atoms with E-state index in [4.69, 9.17) is 33.0 Å². The fourth-order valence-corrected chi connectivity index (χ4v) is 2.01. The van der Waals surface area contributed by atoms with Crippen LogP contribution >= 0.6 is 23.2 Å². The number of aliphatic carboxylic acids is 1. The molecule has 1 aromatic rings. The first-order valence-electron chi connectivity index (χ1n) is 6.07. The third-order valence-electron chi connectivity index (χ3n) is 2.57. The molecule has 0 radical (unpaired) electrons. The third kappa shape index (κ3) is 6.16. The molecular weight excluding hydrogens is 317 g/mol. The van der Waals surface area contributed by atoms with Crippen molar-refractivity contribution in [1.29, 1.82) is 0 Å². The number of hydrogen-bond donors (Lipinski definition) is 1. The molecule has 1 N–H and O–H groups in total. The van der Waals surface area contributed by atoms with E-state index in [0.29, 0.717) is 15.6 Å². The highest BCUT2D eigenvalue weighted by atomic mass is 35.5. The van der Waals surface area contributed by atoms with Crippen molar-refractivity contribution in [3.63, 3.8) is 0 Å². The van der Waals surface area contributed by atoms with Crippen molar-refractivity contribution in [1.82, 2.24) is 4.90 Å². The van der Waals surface area contributed by atoms with Gasteiger partial charge in [-0.1, -0.05) is 29.3 Å². The SMILES string of the molecule is COCCN(CC(=O)O)C(=O)C=Cc1ccc(Cl)cc1Cl. The number of halogens is 2. The van der Waals surface area contributed by atoms with E-state index >= 15 is 0 Å². The van der Waals surface area contributed by atoms with Crippen molar-refractivity contribution in [2.75, 3.05) is 26.8 Å². The molecule has 0 atom stereocenters. The summed E-state index contributed by atoms with van der Waals surface area (Å²) in [4.78, 5) is 23.9. The lowest BCUT2D eigenvalue weighted by atomic mass is 10.2. The molecule has 0 unspecified atom stereocenters. The zero-order valence-electron chi connectivity index (χ0n) is 11.4. The molecule has 0 aliphatic heterocycles. The first-order valence-corrected chi connectivity index (χ1v) is 6.82. The van der Waals surface area contributed by atoms with E-state index in [0.717, 1.165) is 0 Å². The van der Waals surface area contributed by atoms with Gasteiger partial charge in [0.25, 0.3) is 0 Å². The molecular formula is C14H15Cl2NO4. The van der Waals surface area contributed by atoms with Crippen LogP contribution in [0.3, 0.4) is 0 Å². The molecule has 0 heterocycles. The van der Waals surface area contributed by atoms with Crippen molar-refractivity contribution in [3.8, 4) is 0 Å². The quantitative estimate of drug-likeness (QED) is 0.780. The number of carboxylic acids is 1. The molecule has 0 saturated carbocycles. The van der Waals surface area contributed by atoms with Crippen LogP contribution < -0.4 is 0 Å². The second kappa shape index (κ2) is 8.67. The average Bonchev–Trinajstić information content (AvgIpc) is 2.41. The van der Waals surface area contributed by atoms with Gasteiger partial charge >= 0.3 is 5.97 Å². The Bertz CT molecular complexity index is 546. The molecule has 21 heavy (non-hydrogen) atoms. The maximum atomic E-state index is 12.0. The van der Waals surface area contributed by atoms with Gasteiger partial charge in [-0.25, -0.2) is 0 Å². The first-order chi connectivity index (χ1) is 9.93. The number of ether oxygens (including phenoxy) is 1. The van der Waals surface area contributed by atoms with E-state index < -0.39 is 11.9 Å². The number of carbonyl (C=O) groups is 2. The number of hydrogen-bond acceptors (Lipinski definition) is 3. The highest BCUT2D eigenvalue weighted by molar-refractivity contribution is 6.35. The van der Waals surface area contributed by atoms with Crippen LogP contribution in [0.5, 0.6) is 0 Å². The number of carbonyl (C=O) groups excluding carboxylic acids is 1. The Morgan fingerprint density at radius 2 is 2.10 bits per heavy atom. The van der Waals surface area contributed by atoms with Gasteiger partial charge in [0.05, 0.1) is 6.61 Å². The van der Waals surface area contributed by atoms with Crippen molar-refractivity contribution in [2.45, 2.75) is 0 Å². The summed E-state index contributed by atoms with van der Waals surface area (Å²) in [6.07, 6.45) is 2.79. The van der Waals surface area contributed by atoms with Gasteiger partial charge in [0, 0.05) is 29.8 Å². The summed E-state index contributed by atoms with van der Waals surface area (Å²) in [6.45, 7) is 0.0652. The topological polar surface area (TPSA) is 66.8 Å². The summed E-state index contributed by atoms with van der Waals surface area (Å²) in [7, 11) is 1.48. The maximum absolute atomic E-state index is 12.0. The van der Waals surface area contributed by atoms with Gasteiger partial charge in [-0.15, -0.1) is 0 Å². The summed E-state index contributed by atoms with van der Waals surface area (Å²) >= 11 is 11.8. The summed E-state index contributed by atoms with van der Waals surface area (Å²) in [6, 6.07) is 4.88. The normalized spacial score (nSPS) is 10.8. The molecule has 0 spiro atoms. The molecule has 1 amide bonds. The molecule has 0 bridgehead atoms. The molecule has 114 valence electrons. The predicted octanol–water partition coefficient (Wildman–Crippen LogP) is 2.57. The molecule has 7 heteroatoms. The number of benzene rings is 1. The standard InChI is InChI=1S/C14H15Cl2NO4/c1-21-7-6-17(9-14(19)20)13(18)5-3-10-2-4-11(15)8-12(10)16/h2-5,8H,6-7,9H2,1H3,(H,19,20). The van der Waals surface area contributed by atoms with Gasteiger partial charge < -0.3 is 14.7 Å². The minimum atomic E-state index is -1.09. The molecule has 0 aromatic heterocycles. The van der Waals surface area contributed by atoms with Crippen LogP contribution in [0.4, 0.5) is 0 Å². The number of nitrogens with zero attached hydrogens (tertiary/aromatic N) is 1. The highest BCUT2D eigenvalue weighted by Crippen LogP contribution is 2.22. The Kier molecular flexibility index (Phi) is 7.22. The van der Waals surface area contributed by atoms with Gasteiger partial charge in [0.15, 0.2) is 0 Å². The van der Waals surface area contributed by atoms with Crippen molar-refractivity contribution in [2.24, 2.45) is 0 Å². The van der Waals surface area contributed by atoms with E-state index in [9.17, 15) is 9.59 Å². The molecule has 1 rings (SSSR count). The Morgan fingerprint density at radius 1 is 1.38 bits per heavy atom. The average molecular weight is 332 g/mol. The van der Waals surface area contributed by atoms with E-state index in [1.807, 2.05) is 0 Å². The Labute approximate surface area is 132 Å². The monoisotopic (exact) mass is 331 g/mol. The second-order valence-electron chi connectivity index (χ2n) is 4.15. The van der Waals surface area contributed by atoms with Crippen LogP contribution in [0.1, 0.15) is 5.56 Å². The Balaban J connectivity index is 2.79. The van der Waals surface area contributed by atoms with E-state index in [-0.39, 0.29) is 19.7 Å². The van der Waals surface area contributed by atoms with Gasteiger partial charge in [0.2, 0.25) is 5.91 Å². The summed E-state index contributed by atoms with van der Waals surface area (Å²) in [5.41, 5.74) is 0.622. The van der Waals surface area contributed by atoms with E-state index in [1.165, 1.54) is 24.2 Å². The number of carboxylic acid groups (broad SMARTS) is 1. The van der Waals surface area contributed by atoms with Crippen LogP contribution in [0.25, 0.3) is 6.08 Å². The maximum Gasteiger partial charge on any atom is 0.323 e. The Hall–Kier alpha value is -1.56. The van der Waals surface area contributed by atoms with Crippen LogP contribution in [0.15, 0.2) is 24.3 Å². The minimum absolute atomic E-state index is 0.195. The van der Waals surface area contributed by atoms with Gasteiger partial charge in [-0.2, -0.15) is 0 Å². The summed E-state index contributed by atoms with van der Waals surface area (Å²) in [5.74, 6) is -1.52. The van der Waals surface area contributed by atoms with Gasteiger partial charge in [-0.3, -0.25) is 9.59 Å². The molecule has 5 nitrogen and oxygen atoms in total. The lowest BCUT2D eigenvalue weighted by Crippen LogP contribution is -2.36. The van der Waals surface area contributed by atoms with Crippen LogP contribution in [-0.4, -0.2) is 48.7 Å². The molecule has 0 aliphatic carbocycles. The Morgan fingerprint density at radius 3 is 2.67 bits per heavy atom. The molecule has 0 fully saturated rings. The van der Waals surface area contributed by atoms with Crippen molar-refractivity contribution >= 4 is 41.2 Å². The molecule has 0 saturated heterocycles. The molecule has 1 aromatic carbocycles. The van der Waals surface area contributed by atoms with Crippen molar-refractivity contribution < 1.29 is 19.4 Å². The smallest absolute Gasteiger partial charge is 0.323 e. The van der Waals surface area contributed by atoms with Crippen molar-refractivity contribution in [3.05, 3.63) is 39.9 Å². The summed E-state index contributed by atoms with van der Waals surface area (Å²) in [5, 5.41) is 9.70. The lowest BCUT2D eigenvalue weighted by Gasteiger charge is -2.18. The van der Waals surface area contributed by atoms with Gasteiger partial charge in [-0.05, 0) is 23.8 Å². The van der Waals surface area contributed by atoms with Crippen LogP contribution in [-0.2, 0) is 14.3 Å². The zero-order chi connectivity index (χ0) is 15.8. The third-order valence-corrected chi connectivity index (χ3v) is 3.13. The first kappa shape index (κ1) is 17.5. The van der Waals surface area contributed by atoms with Gasteiger partial charge in [0.1, 0.15) is 6.54 Å². The number of rotatable bonds is 7. The fourth-order valence-electron chi connectivity index (χ4n) is 1.54. The molecule has 0 aliphatic rings. The number of amides is 1. The second-order valence-corrected chi connectivity index (χ2v) is 4.99. The largest absolute Gasteiger partial charge is 0.480 e. The van der Waals surface area contributed by atoms with Crippen LogP contribution in [0.2, 0.25) is 10.0 Å². The van der Waals surface area contributed by atoms with E-state index in [1.54, 1.807) is 18.2 Å². The summed E-state index contributed by atoms with van der Waals surface area (Å²) < 4.78 is 4.85. The fraction of sp³-hybridized carbons (Fsp3) is 0.286. The highest BCUT2D eigenvalue weighted by Gasteiger charge is 2.14. The zero-order valence-corrected chi connectivity index (χ0v) is 12.9. The van der Waals surface area contributed by atoms with Crippen LogP contribution in [0, 0.1) is 0 Å². The minimum Gasteiger partial charge on any atom is -0.480 e. The van der Waals surface area contributed by atoms with E-state index in [2.05, 4.69) is 0 Å². The lowest BCUT2D eigenvalue weighted by molar-refractivity contribution is -0.143. The number of methoxy groups -OCH3 is 1. The predicted molar refractivity (Wildman–Crippen MR) is 81.6 cm³/mol.